The molecule has 27 heavy (non-hydrogen) atoms. The number of halogens is 1. The highest BCUT2D eigenvalue weighted by Crippen LogP contribution is 2.22. The minimum absolute atomic E-state index is 0.0880. The zero-order chi connectivity index (χ0) is 19.8. The first-order valence-corrected chi connectivity index (χ1v) is 11.3. The molecule has 0 unspecified atom stereocenters. The van der Waals surface area contributed by atoms with E-state index in [0.717, 1.165) is 35.6 Å². The van der Waals surface area contributed by atoms with Crippen LogP contribution in [0.4, 0.5) is 4.39 Å². The fourth-order valence-corrected chi connectivity index (χ4v) is 5.26. The minimum atomic E-state index is -4.09. The van der Waals surface area contributed by atoms with Crippen LogP contribution in [0.2, 0.25) is 0 Å². The molecule has 142 valence electrons. The van der Waals surface area contributed by atoms with Gasteiger partial charge in [0.05, 0.1) is 20.0 Å². The number of hydrogen-bond acceptors (Lipinski definition) is 5. The number of fused-ring (bicyclic) bond motifs is 1. The molecular weight excluding hydrogens is 413 g/mol. The van der Waals surface area contributed by atoms with E-state index in [1.165, 1.54) is 18.2 Å². The Hall–Kier alpha value is -2.34. The summed E-state index contributed by atoms with van der Waals surface area (Å²) in [5.74, 6) is -0.562. The number of benzene rings is 2. The number of aromatic nitrogens is 1. The molecule has 0 spiro atoms. The summed E-state index contributed by atoms with van der Waals surface area (Å²) in [5, 5.41) is 5.15. The molecule has 2 N–H and O–H groups in total. The molecule has 0 amide bonds. The average Bonchev–Trinajstić information content (AvgIpc) is 2.91. The van der Waals surface area contributed by atoms with Crippen molar-refractivity contribution in [3.05, 3.63) is 65.7 Å². The zero-order valence-corrected chi connectivity index (χ0v) is 16.2. The van der Waals surface area contributed by atoms with Crippen LogP contribution < -0.4 is 9.94 Å². The molecule has 1 heterocycles. The van der Waals surface area contributed by atoms with E-state index in [2.05, 4.69) is 11.0 Å². The van der Waals surface area contributed by atoms with Crippen LogP contribution in [0.1, 0.15) is 0 Å². The van der Waals surface area contributed by atoms with Gasteiger partial charge in [-0.2, -0.15) is 8.42 Å². The molecule has 0 aliphatic heterocycles. The van der Waals surface area contributed by atoms with Crippen molar-refractivity contribution >= 4 is 41.6 Å². The standard InChI is InChI=1S/C16H14FN3O4S3/c1-2-9-20-14-8-7-13(26(18,21)22)10-15(14)25-16(20)19-27(23,24)12-5-3-11(17)4-6-12/h2-8,10H,1,9H2,(H2,18,21,22)/b19-16-. The van der Waals surface area contributed by atoms with Gasteiger partial charge >= 0.3 is 0 Å². The van der Waals surface area contributed by atoms with Gasteiger partial charge in [-0.25, -0.2) is 17.9 Å². The second-order valence-corrected chi connectivity index (χ2v) is 9.65. The molecule has 0 bridgehead atoms. The van der Waals surface area contributed by atoms with E-state index in [4.69, 9.17) is 5.14 Å². The summed E-state index contributed by atoms with van der Waals surface area (Å²) >= 11 is 0.994. The number of hydrogen-bond donors (Lipinski definition) is 1. The van der Waals surface area contributed by atoms with Crippen molar-refractivity contribution in [1.29, 1.82) is 0 Å². The van der Waals surface area contributed by atoms with Crippen LogP contribution in [-0.4, -0.2) is 21.4 Å². The van der Waals surface area contributed by atoms with Gasteiger partial charge in [-0.1, -0.05) is 17.4 Å². The first-order chi connectivity index (χ1) is 12.6. The van der Waals surface area contributed by atoms with Crippen molar-refractivity contribution < 1.29 is 21.2 Å². The van der Waals surface area contributed by atoms with Gasteiger partial charge in [0.1, 0.15) is 5.82 Å². The molecule has 1 aromatic heterocycles. The number of primary sulfonamides is 1. The zero-order valence-electron chi connectivity index (χ0n) is 13.7. The second-order valence-electron chi connectivity index (χ2n) is 5.48. The molecule has 7 nitrogen and oxygen atoms in total. The summed E-state index contributed by atoms with van der Waals surface area (Å²) in [6.45, 7) is 3.90. The number of thiazole rings is 1. The van der Waals surface area contributed by atoms with Crippen LogP contribution in [-0.2, 0) is 26.6 Å². The summed E-state index contributed by atoms with van der Waals surface area (Å²) in [5.41, 5.74) is 0.584. The van der Waals surface area contributed by atoms with Crippen LogP contribution in [0.3, 0.4) is 0 Å². The van der Waals surface area contributed by atoms with Crippen LogP contribution in [0.15, 0.2) is 69.3 Å². The molecule has 0 radical (unpaired) electrons. The van der Waals surface area contributed by atoms with Crippen molar-refractivity contribution in [2.45, 2.75) is 16.3 Å². The van der Waals surface area contributed by atoms with Gasteiger partial charge in [-0.15, -0.1) is 11.0 Å². The van der Waals surface area contributed by atoms with E-state index in [1.54, 1.807) is 10.6 Å². The predicted molar refractivity (Wildman–Crippen MR) is 101 cm³/mol. The van der Waals surface area contributed by atoms with Gasteiger partial charge in [0.15, 0.2) is 0 Å². The summed E-state index contributed by atoms with van der Waals surface area (Å²) in [6.07, 6.45) is 1.56. The third kappa shape index (κ3) is 4.00. The normalized spacial score (nSPS) is 13.2. The van der Waals surface area contributed by atoms with Crippen LogP contribution in [0.5, 0.6) is 0 Å². The highest BCUT2D eigenvalue weighted by Gasteiger charge is 2.16. The van der Waals surface area contributed by atoms with Gasteiger partial charge in [-0.3, -0.25) is 0 Å². The van der Waals surface area contributed by atoms with Crippen LogP contribution >= 0.6 is 11.3 Å². The van der Waals surface area contributed by atoms with Crippen molar-refractivity contribution in [3.8, 4) is 0 Å². The molecule has 0 atom stereocenters. The molecule has 0 saturated carbocycles. The third-order valence-electron chi connectivity index (χ3n) is 3.60. The largest absolute Gasteiger partial charge is 0.312 e. The fraction of sp³-hybridized carbons (Fsp3) is 0.0625. The molecule has 11 heteroatoms. The number of nitrogens with zero attached hydrogens (tertiary/aromatic N) is 2. The molecule has 2 aromatic carbocycles. The topological polar surface area (TPSA) is 112 Å². The Balaban J connectivity index is 2.26. The highest BCUT2D eigenvalue weighted by molar-refractivity contribution is 7.90. The lowest BCUT2D eigenvalue weighted by Crippen LogP contribution is -2.16. The summed E-state index contributed by atoms with van der Waals surface area (Å²) in [6, 6.07) is 8.53. The van der Waals surface area contributed by atoms with E-state index in [0.29, 0.717) is 10.2 Å². The first kappa shape index (κ1) is 19.4. The van der Waals surface area contributed by atoms with Crippen molar-refractivity contribution in [2.24, 2.45) is 9.54 Å². The molecule has 0 saturated heterocycles. The Labute approximate surface area is 159 Å². The average molecular weight is 428 g/mol. The summed E-state index contributed by atoms with van der Waals surface area (Å²) in [7, 11) is -7.99. The molecule has 3 rings (SSSR count). The van der Waals surface area contributed by atoms with Gasteiger partial charge in [0.2, 0.25) is 14.8 Å². The van der Waals surface area contributed by atoms with Gasteiger partial charge in [0, 0.05) is 6.54 Å². The Bertz CT molecular complexity index is 1310. The van der Waals surface area contributed by atoms with Crippen LogP contribution in [0, 0.1) is 5.82 Å². The number of sulfonamides is 2. The van der Waals surface area contributed by atoms with Crippen molar-refractivity contribution in [2.75, 3.05) is 0 Å². The molecule has 0 fully saturated rings. The first-order valence-electron chi connectivity index (χ1n) is 7.45. The van der Waals surface area contributed by atoms with Crippen LogP contribution in [0.25, 0.3) is 10.2 Å². The molecule has 0 aliphatic rings. The molecule has 0 aliphatic carbocycles. The van der Waals surface area contributed by atoms with Gasteiger partial charge < -0.3 is 4.57 Å². The molecular formula is C16H14FN3O4S3. The lowest BCUT2D eigenvalue weighted by Gasteiger charge is -2.02. The monoisotopic (exact) mass is 427 g/mol. The maximum absolute atomic E-state index is 13.0. The third-order valence-corrected chi connectivity index (χ3v) is 6.95. The van der Waals surface area contributed by atoms with E-state index in [9.17, 15) is 21.2 Å². The maximum atomic E-state index is 13.0. The Morgan fingerprint density at radius 2 is 1.74 bits per heavy atom. The second kappa shape index (κ2) is 7.00. The minimum Gasteiger partial charge on any atom is -0.312 e. The van der Waals surface area contributed by atoms with Gasteiger partial charge in [0.25, 0.3) is 10.0 Å². The smallest absolute Gasteiger partial charge is 0.285 e. The number of allylic oxidation sites excluding steroid dienone is 1. The number of rotatable bonds is 5. The lowest BCUT2D eigenvalue weighted by atomic mass is 10.3. The van der Waals surface area contributed by atoms with Crippen molar-refractivity contribution in [3.63, 3.8) is 0 Å². The van der Waals surface area contributed by atoms with Gasteiger partial charge in [-0.05, 0) is 42.5 Å². The lowest BCUT2D eigenvalue weighted by molar-refractivity contribution is 0.594. The fourth-order valence-electron chi connectivity index (χ4n) is 2.37. The quantitative estimate of drug-likeness (QED) is 0.627. The number of nitrogens with two attached hydrogens (primary N) is 1. The molecule has 3 aromatic rings. The van der Waals surface area contributed by atoms with E-state index >= 15 is 0 Å². The highest BCUT2D eigenvalue weighted by atomic mass is 32.2. The Kier molecular flexibility index (Phi) is 5.04. The summed E-state index contributed by atoms with van der Waals surface area (Å²) < 4.78 is 67.1. The van der Waals surface area contributed by atoms with E-state index in [1.807, 2.05) is 0 Å². The Morgan fingerprint density at radius 3 is 2.33 bits per heavy atom. The van der Waals surface area contributed by atoms with E-state index < -0.39 is 25.9 Å². The SMILES string of the molecule is C=CCn1/c(=N/S(=O)(=O)c2ccc(F)cc2)sc2cc(S(N)(=O)=O)ccc21. The van der Waals surface area contributed by atoms with E-state index in [-0.39, 0.29) is 21.1 Å². The maximum Gasteiger partial charge on any atom is 0.285 e. The van der Waals surface area contributed by atoms with Crippen molar-refractivity contribution in [1.82, 2.24) is 4.57 Å². The summed E-state index contributed by atoms with van der Waals surface area (Å²) in [4.78, 5) is -0.118. The Morgan fingerprint density at radius 1 is 1.11 bits per heavy atom. The predicted octanol–water partition coefficient (Wildman–Crippen LogP) is 1.96.